The minimum atomic E-state index is -3.91. The van der Waals surface area contributed by atoms with E-state index >= 15 is 0 Å². The molecule has 6 nitrogen and oxygen atoms in total. The van der Waals surface area contributed by atoms with Gasteiger partial charge in [-0.2, -0.15) is 0 Å². The number of ether oxygens (including phenoxy) is 2. The Labute approximate surface area is 159 Å². The van der Waals surface area contributed by atoms with Gasteiger partial charge in [0.2, 0.25) is 0 Å². The lowest BCUT2D eigenvalue weighted by atomic mass is 10.0. The van der Waals surface area contributed by atoms with Crippen molar-refractivity contribution in [3.05, 3.63) is 47.8 Å². The quantitative estimate of drug-likeness (QED) is 0.782. The number of nitrogens with one attached hydrogen (secondary N) is 1. The van der Waals surface area contributed by atoms with Crippen molar-refractivity contribution in [3.8, 4) is 5.75 Å². The number of aryl methyl sites for hydroxylation is 1. The van der Waals surface area contributed by atoms with E-state index in [1.807, 2.05) is 12.1 Å². The van der Waals surface area contributed by atoms with Gasteiger partial charge >= 0.3 is 0 Å². The topological polar surface area (TPSA) is 67.9 Å². The zero-order valence-corrected chi connectivity index (χ0v) is 16.2. The third-order valence-electron chi connectivity index (χ3n) is 4.55. The molecule has 0 amide bonds. The van der Waals surface area contributed by atoms with E-state index in [9.17, 15) is 12.8 Å². The Kier molecular flexibility index (Phi) is 5.86. The van der Waals surface area contributed by atoms with Crippen LogP contribution in [0.25, 0.3) is 0 Å². The summed E-state index contributed by atoms with van der Waals surface area (Å²) in [6, 6.07) is 9.04. The van der Waals surface area contributed by atoms with Gasteiger partial charge in [0.25, 0.3) is 10.0 Å². The van der Waals surface area contributed by atoms with E-state index in [0.717, 1.165) is 37.7 Å². The summed E-state index contributed by atoms with van der Waals surface area (Å²) in [5.41, 5.74) is 2.62. The number of anilines is 2. The smallest absolute Gasteiger partial charge is 0.262 e. The molecule has 0 saturated heterocycles. The molecule has 1 heterocycles. The Hall–Kier alpha value is -2.32. The molecule has 1 aliphatic rings. The summed E-state index contributed by atoms with van der Waals surface area (Å²) in [6.07, 6.45) is 2.00. The molecule has 8 heteroatoms. The van der Waals surface area contributed by atoms with Crippen molar-refractivity contribution < 1.29 is 22.3 Å². The van der Waals surface area contributed by atoms with E-state index in [-0.39, 0.29) is 10.6 Å². The average Bonchev–Trinajstić information content (AvgIpc) is 2.66. The van der Waals surface area contributed by atoms with Crippen molar-refractivity contribution >= 4 is 21.4 Å². The van der Waals surface area contributed by atoms with Crippen LogP contribution in [-0.4, -0.2) is 42.3 Å². The fourth-order valence-electron chi connectivity index (χ4n) is 3.18. The molecule has 0 spiro atoms. The summed E-state index contributed by atoms with van der Waals surface area (Å²) in [5, 5.41) is 0. The number of methoxy groups -OCH3 is 2. The lowest BCUT2D eigenvalue weighted by Crippen LogP contribution is -2.32. The van der Waals surface area contributed by atoms with Crippen LogP contribution in [-0.2, 0) is 21.2 Å². The largest absolute Gasteiger partial charge is 0.494 e. The molecule has 1 aliphatic heterocycles. The molecule has 0 atom stereocenters. The highest BCUT2D eigenvalue weighted by Crippen LogP contribution is 2.31. The minimum absolute atomic E-state index is 0.00323. The standard InChI is InChI=1S/C19H23FN2O4S/c1-25-11-10-22-9-3-4-14-5-6-15(12-18(14)22)21-27(23,24)16-7-8-19(26-2)17(20)13-16/h5-8,12-13,21H,3-4,9-11H2,1-2H3. The minimum Gasteiger partial charge on any atom is -0.494 e. The number of benzene rings is 2. The van der Waals surface area contributed by atoms with Gasteiger partial charge in [-0.3, -0.25) is 4.72 Å². The van der Waals surface area contributed by atoms with Crippen LogP contribution >= 0.6 is 0 Å². The summed E-state index contributed by atoms with van der Waals surface area (Å²) in [7, 11) is -0.928. The first kappa shape index (κ1) is 19.4. The molecule has 0 radical (unpaired) electrons. The molecular formula is C19H23FN2O4S. The Balaban J connectivity index is 1.86. The maximum atomic E-state index is 13.9. The molecule has 146 valence electrons. The molecule has 0 bridgehead atoms. The van der Waals surface area contributed by atoms with Gasteiger partial charge in [-0.25, -0.2) is 12.8 Å². The van der Waals surface area contributed by atoms with Crippen LogP contribution in [0.3, 0.4) is 0 Å². The highest BCUT2D eigenvalue weighted by molar-refractivity contribution is 7.92. The van der Waals surface area contributed by atoms with E-state index in [4.69, 9.17) is 9.47 Å². The van der Waals surface area contributed by atoms with Crippen molar-refractivity contribution in [2.75, 3.05) is 43.5 Å². The average molecular weight is 394 g/mol. The van der Waals surface area contributed by atoms with Crippen LogP contribution in [0.5, 0.6) is 5.75 Å². The Morgan fingerprint density at radius 1 is 1.19 bits per heavy atom. The van der Waals surface area contributed by atoms with Gasteiger partial charge in [0.1, 0.15) is 0 Å². The van der Waals surface area contributed by atoms with Crippen molar-refractivity contribution in [2.24, 2.45) is 0 Å². The molecule has 0 aliphatic carbocycles. The monoisotopic (exact) mass is 394 g/mol. The van der Waals surface area contributed by atoms with E-state index in [1.165, 1.54) is 24.8 Å². The maximum Gasteiger partial charge on any atom is 0.262 e. The van der Waals surface area contributed by atoms with Gasteiger partial charge in [-0.05, 0) is 48.7 Å². The SMILES string of the molecule is COCCN1CCCc2ccc(NS(=O)(=O)c3ccc(OC)c(F)c3)cc21. The van der Waals surface area contributed by atoms with Crippen LogP contribution in [0.1, 0.15) is 12.0 Å². The summed E-state index contributed by atoms with van der Waals surface area (Å²) >= 11 is 0. The van der Waals surface area contributed by atoms with Crippen molar-refractivity contribution in [2.45, 2.75) is 17.7 Å². The van der Waals surface area contributed by atoms with Crippen LogP contribution in [0.15, 0.2) is 41.3 Å². The molecule has 2 aromatic rings. The van der Waals surface area contributed by atoms with E-state index in [0.29, 0.717) is 12.3 Å². The summed E-state index contributed by atoms with van der Waals surface area (Å²) in [6.45, 7) is 2.24. The normalized spacial score (nSPS) is 14.0. The number of hydrogen-bond acceptors (Lipinski definition) is 5. The second-order valence-electron chi connectivity index (χ2n) is 6.33. The lowest BCUT2D eigenvalue weighted by molar-refractivity contribution is 0.205. The first-order valence-corrected chi connectivity index (χ1v) is 10.2. The van der Waals surface area contributed by atoms with Gasteiger partial charge in [-0.15, -0.1) is 0 Å². The second-order valence-corrected chi connectivity index (χ2v) is 8.01. The van der Waals surface area contributed by atoms with Gasteiger partial charge in [0.15, 0.2) is 11.6 Å². The number of rotatable bonds is 7. The van der Waals surface area contributed by atoms with Crippen molar-refractivity contribution in [1.82, 2.24) is 0 Å². The van der Waals surface area contributed by atoms with E-state index < -0.39 is 15.8 Å². The molecule has 1 N–H and O–H groups in total. The Morgan fingerprint density at radius 2 is 2.00 bits per heavy atom. The first-order chi connectivity index (χ1) is 12.9. The van der Waals surface area contributed by atoms with Crippen LogP contribution in [0, 0.1) is 5.82 Å². The third-order valence-corrected chi connectivity index (χ3v) is 5.93. The fraction of sp³-hybridized carbons (Fsp3) is 0.368. The molecule has 2 aromatic carbocycles. The first-order valence-electron chi connectivity index (χ1n) is 8.68. The second kappa shape index (κ2) is 8.14. The fourth-order valence-corrected chi connectivity index (χ4v) is 4.24. The number of hydrogen-bond donors (Lipinski definition) is 1. The molecular weight excluding hydrogens is 371 g/mol. The molecule has 0 unspecified atom stereocenters. The number of sulfonamides is 1. The lowest BCUT2D eigenvalue weighted by Gasteiger charge is -2.31. The Bertz CT molecular complexity index is 918. The van der Waals surface area contributed by atoms with E-state index in [2.05, 4.69) is 9.62 Å². The van der Waals surface area contributed by atoms with Gasteiger partial charge in [0, 0.05) is 25.9 Å². The molecule has 0 fully saturated rings. The van der Waals surface area contributed by atoms with E-state index in [1.54, 1.807) is 13.2 Å². The Morgan fingerprint density at radius 3 is 2.70 bits per heavy atom. The third kappa shape index (κ3) is 4.33. The van der Waals surface area contributed by atoms with Crippen LogP contribution in [0.4, 0.5) is 15.8 Å². The predicted molar refractivity (Wildman–Crippen MR) is 103 cm³/mol. The van der Waals surface area contributed by atoms with Crippen molar-refractivity contribution in [1.29, 1.82) is 0 Å². The summed E-state index contributed by atoms with van der Waals surface area (Å²) in [4.78, 5) is 2.03. The summed E-state index contributed by atoms with van der Waals surface area (Å²) in [5.74, 6) is -0.729. The zero-order chi connectivity index (χ0) is 19.4. The molecule has 27 heavy (non-hydrogen) atoms. The van der Waals surface area contributed by atoms with Crippen LogP contribution < -0.4 is 14.4 Å². The number of fused-ring (bicyclic) bond motifs is 1. The molecule has 0 saturated carbocycles. The zero-order valence-electron chi connectivity index (χ0n) is 15.4. The van der Waals surface area contributed by atoms with Gasteiger partial charge < -0.3 is 14.4 Å². The summed E-state index contributed by atoms with van der Waals surface area (Å²) < 4.78 is 51.6. The molecule has 0 aromatic heterocycles. The van der Waals surface area contributed by atoms with Crippen LogP contribution in [0.2, 0.25) is 0 Å². The van der Waals surface area contributed by atoms with Crippen molar-refractivity contribution in [3.63, 3.8) is 0 Å². The van der Waals surface area contributed by atoms with Gasteiger partial charge in [-0.1, -0.05) is 6.07 Å². The predicted octanol–water partition coefficient (Wildman–Crippen LogP) is 3.03. The highest BCUT2D eigenvalue weighted by atomic mass is 32.2. The highest BCUT2D eigenvalue weighted by Gasteiger charge is 2.20. The van der Waals surface area contributed by atoms with Gasteiger partial charge in [0.05, 0.1) is 24.3 Å². The maximum absolute atomic E-state index is 13.9. The molecule has 3 rings (SSSR count). The number of nitrogens with zero attached hydrogens (tertiary/aromatic N) is 1. The number of halogens is 1.